The Balaban J connectivity index is 2.81. The fourth-order valence-electron chi connectivity index (χ4n) is 1.13. The van der Waals surface area contributed by atoms with Crippen LogP contribution >= 0.6 is 11.6 Å². The third-order valence-electron chi connectivity index (χ3n) is 1.82. The fourth-order valence-corrected chi connectivity index (χ4v) is 1.43. The van der Waals surface area contributed by atoms with Crippen LogP contribution in [0, 0.1) is 17.5 Å². The minimum absolute atomic E-state index is 0.00156. The summed E-state index contributed by atoms with van der Waals surface area (Å²) in [4.78, 5) is 0. The predicted molar refractivity (Wildman–Crippen MR) is 51.3 cm³/mol. The van der Waals surface area contributed by atoms with Crippen molar-refractivity contribution in [1.82, 2.24) is 0 Å². The molecule has 0 heterocycles. The van der Waals surface area contributed by atoms with E-state index in [4.69, 9.17) is 16.3 Å². The molecule has 1 nitrogen and oxygen atoms in total. The average molecular weight is 239 g/mol. The van der Waals surface area contributed by atoms with Gasteiger partial charge in [-0.1, -0.05) is 11.6 Å². The Hall–Kier alpha value is -0.740. The summed E-state index contributed by atoms with van der Waals surface area (Å²) in [7, 11) is 0. The highest BCUT2D eigenvalue weighted by atomic mass is 35.5. The Morgan fingerprint density at radius 2 is 1.80 bits per heavy atom. The molecule has 0 radical (unpaired) electrons. The smallest absolute Gasteiger partial charge is 0.161 e. The summed E-state index contributed by atoms with van der Waals surface area (Å²) in [6.07, 6.45) is -0.00156. The highest BCUT2D eigenvalue weighted by molar-refractivity contribution is 6.19. The van der Waals surface area contributed by atoms with Crippen LogP contribution in [0.5, 0.6) is 0 Å². The lowest BCUT2D eigenvalue weighted by Crippen LogP contribution is -2.10. The van der Waals surface area contributed by atoms with Crippen LogP contribution in [-0.2, 0) is 11.2 Å². The van der Waals surface area contributed by atoms with E-state index in [0.717, 1.165) is 6.07 Å². The molecule has 5 heteroatoms. The van der Waals surface area contributed by atoms with Gasteiger partial charge < -0.3 is 4.74 Å². The van der Waals surface area contributed by atoms with Crippen molar-refractivity contribution in [3.05, 3.63) is 35.1 Å². The molecule has 0 aliphatic carbocycles. The molecule has 0 amide bonds. The summed E-state index contributed by atoms with van der Waals surface area (Å²) < 4.78 is 43.4. The van der Waals surface area contributed by atoms with Crippen LogP contribution in [0.1, 0.15) is 12.5 Å². The van der Waals surface area contributed by atoms with E-state index in [1.54, 1.807) is 6.92 Å². The van der Waals surface area contributed by atoms with E-state index < -0.39 is 23.0 Å². The van der Waals surface area contributed by atoms with Gasteiger partial charge in [0, 0.05) is 19.1 Å². The standard InChI is InChI=1S/C10H10ClF3O/c1-2-15-10(11)4-6-3-8(13)9(14)5-7(6)12/h3,5,10H,2,4H2,1H3. The van der Waals surface area contributed by atoms with Crippen LogP contribution in [-0.4, -0.2) is 12.2 Å². The lowest BCUT2D eigenvalue weighted by Gasteiger charge is -2.10. The molecule has 1 unspecified atom stereocenters. The first-order valence-corrected chi connectivity index (χ1v) is 4.87. The maximum absolute atomic E-state index is 13.1. The molecular formula is C10H10ClF3O. The minimum Gasteiger partial charge on any atom is -0.362 e. The van der Waals surface area contributed by atoms with Gasteiger partial charge >= 0.3 is 0 Å². The average Bonchev–Trinajstić information content (AvgIpc) is 2.14. The number of alkyl halides is 1. The summed E-state index contributed by atoms with van der Waals surface area (Å²) in [5.74, 6) is -3.12. The Kier molecular flexibility index (Phi) is 4.42. The zero-order valence-corrected chi connectivity index (χ0v) is 8.82. The molecule has 1 aromatic carbocycles. The van der Waals surface area contributed by atoms with Crippen molar-refractivity contribution >= 4 is 11.6 Å². The highest BCUT2D eigenvalue weighted by Gasteiger charge is 2.13. The number of rotatable bonds is 4. The number of halogens is 4. The topological polar surface area (TPSA) is 9.23 Å². The van der Waals surface area contributed by atoms with Crippen molar-refractivity contribution in [2.24, 2.45) is 0 Å². The van der Waals surface area contributed by atoms with Crippen LogP contribution in [0.25, 0.3) is 0 Å². The molecule has 0 bridgehead atoms. The summed E-state index contributed by atoms with van der Waals surface area (Å²) in [5.41, 5.74) is -0.739. The van der Waals surface area contributed by atoms with Gasteiger partial charge in [-0.05, 0) is 18.6 Å². The van der Waals surface area contributed by atoms with E-state index in [-0.39, 0.29) is 12.0 Å². The monoisotopic (exact) mass is 238 g/mol. The van der Waals surface area contributed by atoms with E-state index in [2.05, 4.69) is 0 Å². The van der Waals surface area contributed by atoms with Gasteiger partial charge in [-0.25, -0.2) is 13.2 Å². The summed E-state index contributed by atoms with van der Waals surface area (Å²) >= 11 is 5.67. The minimum atomic E-state index is -1.21. The zero-order valence-electron chi connectivity index (χ0n) is 8.07. The van der Waals surface area contributed by atoms with Crippen LogP contribution in [0.15, 0.2) is 12.1 Å². The SMILES string of the molecule is CCOC(Cl)Cc1cc(F)c(F)cc1F. The molecule has 1 aromatic rings. The number of ether oxygens (including phenoxy) is 1. The first-order valence-electron chi connectivity index (χ1n) is 4.43. The third-order valence-corrected chi connectivity index (χ3v) is 2.10. The van der Waals surface area contributed by atoms with Crippen LogP contribution in [0.2, 0.25) is 0 Å². The van der Waals surface area contributed by atoms with E-state index >= 15 is 0 Å². The van der Waals surface area contributed by atoms with Crippen molar-refractivity contribution in [3.63, 3.8) is 0 Å². The van der Waals surface area contributed by atoms with Gasteiger partial charge in [-0.2, -0.15) is 0 Å². The number of hydrogen-bond donors (Lipinski definition) is 0. The van der Waals surface area contributed by atoms with E-state index in [1.165, 1.54) is 0 Å². The van der Waals surface area contributed by atoms with Crippen LogP contribution in [0.3, 0.4) is 0 Å². The van der Waals surface area contributed by atoms with Crippen LogP contribution in [0.4, 0.5) is 13.2 Å². The lowest BCUT2D eigenvalue weighted by atomic mass is 10.1. The molecule has 1 atom stereocenters. The van der Waals surface area contributed by atoms with Gasteiger partial charge in [-0.15, -0.1) is 0 Å². The van der Waals surface area contributed by atoms with Crippen molar-refractivity contribution < 1.29 is 17.9 Å². The van der Waals surface area contributed by atoms with E-state index in [1.807, 2.05) is 0 Å². The van der Waals surface area contributed by atoms with Crippen molar-refractivity contribution in [2.75, 3.05) is 6.61 Å². The summed E-state index contributed by atoms with van der Waals surface area (Å²) in [6, 6.07) is 1.29. The van der Waals surface area contributed by atoms with Crippen molar-refractivity contribution in [3.8, 4) is 0 Å². The van der Waals surface area contributed by atoms with E-state index in [9.17, 15) is 13.2 Å². The van der Waals surface area contributed by atoms with Crippen molar-refractivity contribution in [1.29, 1.82) is 0 Å². The van der Waals surface area contributed by atoms with Crippen LogP contribution < -0.4 is 0 Å². The second-order valence-electron chi connectivity index (χ2n) is 2.93. The Morgan fingerprint density at radius 1 is 1.20 bits per heavy atom. The van der Waals surface area contributed by atoms with Gasteiger partial charge in [0.15, 0.2) is 11.6 Å². The predicted octanol–water partition coefficient (Wildman–Crippen LogP) is 3.25. The van der Waals surface area contributed by atoms with Gasteiger partial charge in [-0.3, -0.25) is 0 Å². The molecule has 1 rings (SSSR count). The molecule has 0 spiro atoms. The molecule has 0 aromatic heterocycles. The largest absolute Gasteiger partial charge is 0.362 e. The van der Waals surface area contributed by atoms with Crippen molar-refractivity contribution in [2.45, 2.75) is 18.9 Å². The van der Waals surface area contributed by atoms with Gasteiger partial charge in [0.25, 0.3) is 0 Å². The Labute approximate surface area is 90.8 Å². The molecule has 0 fully saturated rings. The first kappa shape index (κ1) is 12.3. The van der Waals surface area contributed by atoms with E-state index in [0.29, 0.717) is 12.7 Å². The Bertz CT molecular complexity index is 344. The van der Waals surface area contributed by atoms with Gasteiger partial charge in [0.05, 0.1) is 0 Å². The normalized spacial score (nSPS) is 12.9. The summed E-state index contributed by atoms with van der Waals surface area (Å²) in [5, 5.41) is 0. The molecule has 0 N–H and O–H groups in total. The quantitative estimate of drug-likeness (QED) is 0.578. The fraction of sp³-hybridized carbons (Fsp3) is 0.400. The first-order chi connectivity index (χ1) is 7.04. The molecule has 15 heavy (non-hydrogen) atoms. The molecule has 84 valence electrons. The molecule has 0 aliphatic heterocycles. The second-order valence-corrected chi connectivity index (χ2v) is 3.41. The number of hydrogen-bond acceptors (Lipinski definition) is 1. The number of benzene rings is 1. The Morgan fingerprint density at radius 3 is 2.40 bits per heavy atom. The summed E-state index contributed by atoms with van der Waals surface area (Å²) in [6.45, 7) is 2.11. The lowest BCUT2D eigenvalue weighted by molar-refractivity contribution is 0.119. The molecule has 0 saturated carbocycles. The maximum atomic E-state index is 13.1. The second kappa shape index (κ2) is 5.37. The zero-order chi connectivity index (χ0) is 11.4. The molecule has 0 aliphatic rings. The van der Waals surface area contributed by atoms with Gasteiger partial charge in [0.2, 0.25) is 0 Å². The molecule has 0 saturated heterocycles. The van der Waals surface area contributed by atoms with Gasteiger partial charge in [0.1, 0.15) is 11.4 Å². The maximum Gasteiger partial charge on any atom is 0.161 e. The highest BCUT2D eigenvalue weighted by Crippen LogP contribution is 2.17. The molecular weight excluding hydrogens is 229 g/mol. The third kappa shape index (κ3) is 3.39.